The maximum atomic E-state index is 12.8. The van der Waals surface area contributed by atoms with Gasteiger partial charge < -0.3 is 15.0 Å². The number of hydrogen-bond donors (Lipinski definition) is 1. The van der Waals surface area contributed by atoms with Gasteiger partial charge in [0.15, 0.2) is 0 Å². The third-order valence-corrected chi connectivity index (χ3v) is 5.25. The van der Waals surface area contributed by atoms with Crippen molar-refractivity contribution in [3.63, 3.8) is 0 Å². The number of carbonyl (C=O) groups excluding carboxylic acids is 1. The predicted octanol–water partition coefficient (Wildman–Crippen LogP) is 2.46. The van der Waals surface area contributed by atoms with Crippen molar-refractivity contribution in [3.8, 4) is 0 Å². The summed E-state index contributed by atoms with van der Waals surface area (Å²) in [5.41, 5.74) is -0.0756. The Morgan fingerprint density at radius 2 is 2.00 bits per heavy atom. The Kier molecular flexibility index (Phi) is 7.99. The minimum absolute atomic E-state index is 0. The normalized spacial score (nSPS) is 21.5. The first-order valence-corrected chi connectivity index (χ1v) is 8.15. The highest BCUT2D eigenvalue weighted by Crippen LogP contribution is 2.46. The summed E-state index contributed by atoms with van der Waals surface area (Å²) < 4.78 is 5.19. The van der Waals surface area contributed by atoms with E-state index in [9.17, 15) is 4.79 Å². The standard InChI is InChI=1S/C16H30N2O2.ClH/c1-17-10-4-14-5-11-18(12-6-14)15(19)16(7-3-8-16)9-13-20-2;/h14,17H,3-13H2,1-2H3;1H. The van der Waals surface area contributed by atoms with Crippen LogP contribution in [0, 0.1) is 11.3 Å². The van der Waals surface area contributed by atoms with Gasteiger partial charge in [0.25, 0.3) is 0 Å². The van der Waals surface area contributed by atoms with E-state index < -0.39 is 0 Å². The monoisotopic (exact) mass is 318 g/mol. The Bertz CT molecular complexity index is 313. The van der Waals surface area contributed by atoms with Crippen LogP contribution in [0.25, 0.3) is 0 Å². The highest BCUT2D eigenvalue weighted by Gasteiger charge is 2.46. The highest BCUT2D eigenvalue weighted by molar-refractivity contribution is 5.85. The van der Waals surface area contributed by atoms with Crippen LogP contribution in [0.3, 0.4) is 0 Å². The number of hydrogen-bond acceptors (Lipinski definition) is 3. The van der Waals surface area contributed by atoms with E-state index in [-0.39, 0.29) is 17.8 Å². The van der Waals surface area contributed by atoms with Crippen molar-refractivity contribution in [2.45, 2.75) is 44.9 Å². The average Bonchev–Trinajstić information content (AvgIpc) is 2.44. The molecule has 0 spiro atoms. The number of ether oxygens (including phenoxy) is 1. The van der Waals surface area contributed by atoms with Gasteiger partial charge in [0.2, 0.25) is 5.91 Å². The van der Waals surface area contributed by atoms with E-state index in [4.69, 9.17) is 4.74 Å². The summed E-state index contributed by atoms with van der Waals surface area (Å²) in [5.74, 6) is 1.20. The van der Waals surface area contributed by atoms with E-state index in [0.717, 1.165) is 44.8 Å². The molecule has 1 aliphatic carbocycles. The van der Waals surface area contributed by atoms with E-state index in [2.05, 4.69) is 10.2 Å². The summed E-state index contributed by atoms with van der Waals surface area (Å²) in [6, 6.07) is 0. The van der Waals surface area contributed by atoms with Gasteiger partial charge in [-0.3, -0.25) is 4.79 Å². The fourth-order valence-corrected chi connectivity index (χ4v) is 3.58. The molecule has 1 aliphatic heterocycles. The van der Waals surface area contributed by atoms with Gasteiger partial charge in [-0.25, -0.2) is 0 Å². The number of methoxy groups -OCH3 is 1. The smallest absolute Gasteiger partial charge is 0.228 e. The zero-order valence-electron chi connectivity index (χ0n) is 13.5. The third-order valence-electron chi connectivity index (χ3n) is 5.25. The first-order chi connectivity index (χ1) is 9.72. The second-order valence-electron chi connectivity index (χ2n) is 6.50. The number of likely N-dealkylation sites (tertiary alicyclic amines) is 1. The molecule has 0 aromatic rings. The molecule has 0 aromatic carbocycles. The van der Waals surface area contributed by atoms with Gasteiger partial charge in [0.1, 0.15) is 0 Å². The maximum absolute atomic E-state index is 12.8. The molecule has 2 aliphatic rings. The molecule has 1 heterocycles. The topological polar surface area (TPSA) is 41.6 Å². The third kappa shape index (κ3) is 4.57. The first kappa shape index (κ1) is 18.7. The molecule has 1 saturated heterocycles. The number of carbonyl (C=O) groups is 1. The van der Waals surface area contributed by atoms with Crippen molar-refractivity contribution in [3.05, 3.63) is 0 Å². The molecule has 0 aromatic heterocycles. The van der Waals surface area contributed by atoms with Gasteiger partial charge in [-0.2, -0.15) is 0 Å². The molecular weight excluding hydrogens is 288 g/mol. The summed E-state index contributed by atoms with van der Waals surface area (Å²) in [5, 5.41) is 3.22. The van der Waals surface area contributed by atoms with E-state index in [1.165, 1.54) is 25.7 Å². The number of halogens is 1. The molecule has 124 valence electrons. The number of nitrogens with one attached hydrogen (secondary N) is 1. The Morgan fingerprint density at radius 1 is 1.33 bits per heavy atom. The number of piperidine rings is 1. The predicted molar refractivity (Wildman–Crippen MR) is 87.9 cm³/mol. The zero-order valence-corrected chi connectivity index (χ0v) is 14.3. The van der Waals surface area contributed by atoms with Crippen LogP contribution < -0.4 is 5.32 Å². The molecule has 0 bridgehead atoms. The van der Waals surface area contributed by atoms with Gasteiger partial charge in [0.05, 0.1) is 5.41 Å². The number of rotatable bonds is 7. The largest absolute Gasteiger partial charge is 0.385 e. The van der Waals surface area contributed by atoms with Gasteiger partial charge >= 0.3 is 0 Å². The molecule has 2 rings (SSSR count). The van der Waals surface area contributed by atoms with Gasteiger partial charge in [0, 0.05) is 26.8 Å². The molecule has 2 fully saturated rings. The molecule has 21 heavy (non-hydrogen) atoms. The second-order valence-corrected chi connectivity index (χ2v) is 6.50. The Hall–Kier alpha value is -0.320. The summed E-state index contributed by atoms with van der Waals surface area (Å²) in [7, 11) is 3.74. The molecular formula is C16H31ClN2O2. The summed E-state index contributed by atoms with van der Waals surface area (Å²) in [4.78, 5) is 14.9. The van der Waals surface area contributed by atoms with Crippen LogP contribution in [0.2, 0.25) is 0 Å². The average molecular weight is 319 g/mol. The Balaban J connectivity index is 0.00000220. The fourth-order valence-electron chi connectivity index (χ4n) is 3.58. The Labute approximate surface area is 135 Å². The second kappa shape index (κ2) is 8.96. The lowest BCUT2D eigenvalue weighted by atomic mass is 9.65. The van der Waals surface area contributed by atoms with Crippen molar-refractivity contribution in [2.75, 3.05) is 40.4 Å². The molecule has 0 atom stereocenters. The lowest BCUT2D eigenvalue weighted by Gasteiger charge is -2.45. The molecule has 4 nitrogen and oxygen atoms in total. The van der Waals surface area contributed by atoms with Crippen molar-refractivity contribution >= 4 is 18.3 Å². The first-order valence-electron chi connectivity index (χ1n) is 8.15. The van der Waals surface area contributed by atoms with Crippen LogP contribution in [0.15, 0.2) is 0 Å². The van der Waals surface area contributed by atoms with Crippen LogP contribution >= 0.6 is 12.4 Å². The molecule has 0 radical (unpaired) electrons. The SMILES string of the molecule is CNCCC1CCN(C(=O)C2(CCOC)CCC2)CC1.Cl. The lowest BCUT2D eigenvalue weighted by molar-refractivity contribution is -0.150. The van der Waals surface area contributed by atoms with Crippen molar-refractivity contribution in [2.24, 2.45) is 11.3 Å². The number of amides is 1. The van der Waals surface area contributed by atoms with E-state index >= 15 is 0 Å². The van der Waals surface area contributed by atoms with Crippen LogP contribution in [-0.2, 0) is 9.53 Å². The minimum Gasteiger partial charge on any atom is -0.385 e. The van der Waals surface area contributed by atoms with E-state index in [0.29, 0.717) is 12.5 Å². The van der Waals surface area contributed by atoms with E-state index in [1.807, 2.05) is 7.05 Å². The van der Waals surface area contributed by atoms with Gasteiger partial charge in [-0.1, -0.05) is 6.42 Å². The van der Waals surface area contributed by atoms with Crippen molar-refractivity contribution < 1.29 is 9.53 Å². The molecule has 5 heteroatoms. The van der Waals surface area contributed by atoms with Gasteiger partial charge in [-0.05, 0) is 58.0 Å². The van der Waals surface area contributed by atoms with Crippen LogP contribution in [0.4, 0.5) is 0 Å². The van der Waals surface area contributed by atoms with E-state index in [1.54, 1.807) is 7.11 Å². The Morgan fingerprint density at radius 3 is 2.48 bits per heavy atom. The fraction of sp³-hybridized carbons (Fsp3) is 0.938. The minimum atomic E-state index is -0.0756. The van der Waals surface area contributed by atoms with Crippen molar-refractivity contribution in [1.29, 1.82) is 0 Å². The molecule has 1 saturated carbocycles. The highest BCUT2D eigenvalue weighted by atomic mass is 35.5. The number of nitrogens with zero attached hydrogens (tertiary/aromatic N) is 1. The summed E-state index contributed by atoms with van der Waals surface area (Å²) in [6.07, 6.45) is 7.83. The van der Waals surface area contributed by atoms with Crippen molar-refractivity contribution in [1.82, 2.24) is 10.2 Å². The lowest BCUT2D eigenvalue weighted by Crippen LogP contribution is -2.50. The van der Waals surface area contributed by atoms with Crippen LogP contribution in [0.1, 0.15) is 44.9 Å². The maximum Gasteiger partial charge on any atom is 0.228 e. The molecule has 0 unspecified atom stereocenters. The summed E-state index contributed by atoms with van der Waals surface area (Å²) in [6.45, 7) is 3.73. The van der Waals surface area contributed by atoms with Crippen LogP contribution in [-0.4, -0.2) is 51.2 Å². The molecule has 1 N–H and O–H groups in total. The zero-order chi connectivity index (χ0) is 14.4. The van der Waals surface area contributed by atoms with Crippen LogP contribution in [0.5, 0.6) is 0 Å². The quantitative estimate of drug-likeness (QED) is 0.784. The summed E-state index contributed by atoms with van der Waals surface area (Å²) >= 11 is 0. The van der Waals surface area contributed by atoms with Gasteiger partial charge in [-0.15, -0.1) is 12.4 Å². The molecule has 1 amide bonds.